The summed E-state index contributed by atoms with van der Waals surface area (Å²) in [6.45, 7) is 3.39. The van der Waals surface area contributed by atoms with E-state index in [0.717, 1.165) is 11.3 Å². The molecule has 1 amide bonds. The van der Waals surface area contributed by atoms with E-state index in [1.165, 1.54) is 0 Å². The summed E-state index contributed by atoms with van der Waals surface area (Å²) in [4.78, 5) is 25.4. The third kappa shape index (κ3) is 3.18. The summed E-state index contributed by atoms with van der Waals surface area (Å²) in [6.07, 6.45) is 2.82. The molecule has 1 saturated heterocycles. The van der Waals surface area contributed by atoms with Crippen molar-refractivity contribution in [1.29, 1.82) is 0 Å². The average molecular weight is 327 g/mol. The van der Waals surface area contributed by atoms with E-state index < -0.39 is 11.9 Å². The first-order chi connectivity index (χ1) is 11.6. The Morgan fingerprint density at radius 3 is 2.67 bits per heavy atom. The molecule has 6 heteroatoms. The van der Waals surface area contributed by atoms with Gasteiger partial charge in [0, 0.05) is 13.1 Å². The lowest BCUT2D eigenvalue weighted by molar-refractivity contribution is -0.141. The summed E-state index contributed by atoms with van der Waals surface area (Å²) in [7, 11) is 0. The first-order valence-electron chi connectivity index (χ1n) is 8.20. The summed E-state index contributed by atoms with van der Waals surface area (Å²) < 4.78 is 1.85. The van der Waals surface area contributed by atoms with Crippen LogP contribution in [-0.2, 0) is 17.8 Å². The maximum atomic E-state index is 12.7. The van der Waals surface area contributed by atoms with Crippen LogP contribution in [0.15, 0.2) is 36.5 Å². The van der Waals surface area contributed by atoms with E-state index in [0.29, 0.717) is 31.5 Å². The van der Waals surface area contributed by atoms with Crippen LogP contribution in [0.3, 0.4) is 0 Å². The second kappa shape index (κ2) is 6.86. The fourth-order valence-electron chi connectivity index (χ4n) is 3.17. The van der Waals surface area contributed by atoms with Crippen LogP contribution in [0.1, 0.15) is 35.0 Å². The number of aliphatic carboxylic acids is 1. The third-order valence-electron chi connectivity index (χ3n) is 4.51. The number of hydrogen-bond donors (Lipinski definition) is 1. The molecule has 0 spiro atoms. The Balaban J connectivity index is 1.79. The molecule has 1 aromatic heterocycles. The number of likely N-dealkylation sites (tertiary alicyclic amines) is 1. The van der Waals surface area contributed by atoms with Crippen molar-refractivity contribution in [2.24, 2.45) is 5.92 Å². The first kappa shape index (κ1) is 16.2. The first-order valence-corrected chi connectivity index (χ1v) is 8.20. The summed E-state index contributed by atoms with van der Waals surface area (Å²) in [5, 5.41) is 13.5. The van der Waals surface area contributed by atoms with Gasteiger partial charge in [0.1, 0.15) is 0 Å². The molecule has 0 saturated carbocycles. The van der Waals surface area contributed by atoms with Crippen molar-refractivity contribution >= 4 is 11.9 Å². The molecule has 2 heterocycles. The van der Waals surface area contributed by atoms with Gasteiger partial charge in [0.05, 0.1) is 29.9 Å². The molecule has 0 unspecified atom stereocenters. The van der Waals surface area contributed by atoms with E-state index in [2.05, 4.69) is 5.10 Å². The number of benzene rings is 1. The van der Waals surface area contributed by atoms with Gasteiger partial charge >= 0.3 is 5.97 Å². The molecule has 24 heavy (non-hydrogen) atoms. The molecule has 0 radical (unpaired) electrons. The van der Waals surface area contributed by atoms with E-state index in [1.807, 2.05) is 41.9 Å². The zero-order chi connectivity index (χ0) is 17.1. The summed E-state index contributed by atoms with van der Waals surface area (Å²) in [5.74, 6) is -1.41. The second-order valence-corrected chi connectivity index (χ2v) is 6.08. The van der Waals surface area contributed by atoms with Crippen LogP contribution in [0.4, 0.5) is 0 Å². The molecular weight excluding hydrogens is 306 g/mol. The van der Waals surface area contributed by atoms with Crippen molar-refractivity contribution in [2.75, 3.05) is 13.1 Å². The highest BCUT2D eigenvalue weighted by Gasteiger charge is 2.32. The van der Waals surface area contributed by atoms with Crippen LogP contribution in [0, 0.1) is 5.92 Å². The van der Waals surface area contributed by atoms with Gasteiger partial charge in [-0.05, 0) is 18.4 Å². The van der Waals surface area contributed by atoms with Gasteiger partial charge in [-0.1, -0.05) is 37.3 Å². The van der Waals surface area contributed by atoms with Crippen LogP contribution in [0.5, 0.6) is 0 Å². The monoisotopic (exact) mass is 327 g/mol. The van der Waals surface area contributed by atoms with Crippen molar-refractivity contribution in [3.05, 3.63) is 53.3 Å². The summed E-state index contributed by atoms with van der Waals surface area (Å²) in [5.41, 5.74) is 2.60. The maximum absolute atomic E-state index is 12.7. The number of rotatable bonds is 5. The van der Waals surface area contributed by atoms with Gasteiger partial charge in [-0.15, -0.1) is 0 Å². The Hall–Kier alpha value is -2.63. The zero-order valence-electron chi connectivity index (χ0n) is 13.7. The van der Waals surface area contributed by atoms with Crippen molar-refractivity contribution < 1.29 is 14.7 Å². The number of carbonyl (C=O) groups excluding carboxylic acids is 1. The predicted octanol–water partition coefficient (Wildman–Crippen LogP) is 2.04. The van der Waals surface area contributed by atoms with Crippen LogP contribution >= 0.6 is 0 Å². The van der Waals surface area contributed by atoms with Crippen LogP contribution in [-0.4, -0.2) is 44.8 Å². The van der Waals surface area contributed by atoms with Crippen LogP contribution in [0.2, 0.25) is 0 Å². The van der Waals surface area contributed by atoms with Crippen molar-refractivity contribution in [3.8, 4) is 0 Å². The lowest BCUT2D eigenvalue weighted by Gasteiger charge is -2.16. The predicted molar refractivity (Wildman–Crippen MR) is 88.8 cm³/mol. The minimum Gasteiger partial charge on any atom is -0.481 e. The second-order valence-electron chi connectivity index (χ2n) is 6.08. The SMILES string of the molecule is CCc1c(C(=O)N2CC[C@H](C(=O)O)C2)cnn1Cc1ccccc1. The van der Waals surface area contributed by atoms with E-state index in [1.54, 1.807) is 11.1 Å². The number of hydrogen-bond acceptors (Lipinski definition) is 3. The molecular formula is C18H21N3O3. The molecule has 1 aliphatic rings. The molecule has 2 aromatic rings. The minimum atomic E-state index is -0.833. The molecule has 1 fully saturated rings. The maximum Gasteiger partial charge on any atom is 0.308 e. The summed E-state index contributed by atoms with van der Waals surface area (Å²) in [6, 6.07) is 9.98. The number of carboxylic acid groups (broad SMARTS) is 1. The number of amides is 1. The van der Waals surface area contributed by atoms with E-state index in [4.69, 9.17) is 5.11 Å². The Kier molecular flexibility index (Phi) is 4.64. The fraction of sp³-hybridized carbons (Fsp3) is 0.389. The van der Waals surface area contributed by atoms with Gasteiger partial charge < -0.3 is 10.0 Å². The van der Waals surface area contributed by atoms with E-state index in [-0.39, 0.29) is 12.5 Å². The summed E-state index contributed by atoms with van der Waals surface area (Å²) >= 11 is 0. The molecule has 6 nitrogen and oxygen atoms in total. The fourth-order valence-corrected chi connectivity index (χ4v) is 3.17. The van der Waals surface area contributed by atoms with E-state index >= 15 is 0 Å². The molecule has 1 aliphatic heterocycles. The Labute approximate surface area is 140 Å². The van der Waals surface area contributed by atoms with Gasteiger partial charge in [0.2, 0.25) is 0 Å². The topological polar surface area (TPSA) is 75.4 Å². The largest absolute Gasteiger partial charge is 0.481 e. The van der Waals surface area contributed by atoms with Crippen LogP contribution < -0.4 is 0 Å². The van der Waals surface area contributed by atoms with Crippen molar-refractivity contribution in [2.45, 2.75) is 26.3 Å². The number of carbonyl (C=O) groups is 2. The van der Waals surface area contributed by atoms with Crippen molar-refractivity contribution in [3.63, 3.8) is 0 Å². The Morgan fingerprint density at radius 1 is 1.29 bits per heavy atom. The van der Waals surface area contributed by atoms with Gasteiger partial charge in [0.15, 0.2) is 0 Å². The lowest BCUT2D eigenvalue weighted by atomic mass is 10.1. The molecule has 1 aromatic carbocycles. The highest BCUT2D eigenvalue weighted by molar-refractivity contribution is 5.95. The lowest BCUT2D eigenvalue weighted by Crippen LogP contribution is -2.30. The molecule has 0 bridgehead atoms. The molecule has 1 atom stereocenters. The standard InChI is InChI=1S/C18H21N3O3/c1-2-16-15(17(22)20-9-8-14(12-20)18(23)24)10-19-21(16)11-13-6-4-3-5-7-13/h3-7,10,14H,2,8-9,11-12H2,1H3,(H,23,24)/t14-/m0/s1. The molecule has 3 rings (SSSR count). The van der Waals surface area contributed by atoms with Gasteiger partial charge in [-0.2, -0.15) is 5.10 Å². The highest BCUT2D eigenvalue weighted by atomic mass is 16.4. The molecule has 0 aliphatic carbocycles. The van der Waals surface area contributed by atoms with Crippen molar-refractivity contribution in [1.82, 2.24) is 14.7 Å². The minimum absolute atomic E-state index is 0.116. The normalized spacial score (nSPS) is 17.2. The van der Waals surface area contributed by atoms with Gasteiger partial charge in [0.25, 0.3) is 5.91 Å². The third-order valence-corrected chi connectivity index (χ3v) is 4.51. The molecule has 1 N–H and O–H groups in total. The van der Waals surface area contributed by atoms with E-state index in [9.17, 15) is 9.59 Å². The average Bonchev–Trinajstić information content (AvgIpc) is 3.22. The Bertz CT molecular complexity index is 739. The zero-order valence-corrected chi connectivity index (χ0v) is 13.7. The van der Waals surface area contributed by atoms with Crippen LogP contribution in [0.25, 0.3) is 0 Å². The Morgan fingerprint density at radius 2 is 2.04 bits per heavy atom. The van der Waals surface area contributed by atoms with Gasteiger partial charge in [-0.25, -0.2) is 0 Å². The number of nitrogens with zero attached hydrogens (tertiary/aromatic N) is 3. The quantitative estimate of drug-likeness (QED) is 0.912. The van der Waals surface area contributed by atoms with Gasteiger partial charge in [-0.3, -0.25) is 14.3 Å². The smallest absolute Gasteiger partial charge is 0.308 e. The number of carboxylic acids is 1. The number of aromatic nitrogens is 2. The molecule has 126 valence electrons. The highest BCUT2D eigenvalue weighted by Crippen LogP contribution is 2.21.